The van der Waals surface area contributed by atoms with Crippen LogP contribution in [0.3, 0.4) is 0 Å². The van der Waals surface area contributed by atoms with Gasteiger partial charge in [0.1, 0.15) is 0 Å². The Bertz CT molecular complexity index is 395. The normalized spacial score (nSPS) is 28.2. The average molecular weight is 323 g/mol. The molecule has 0 spiro atoms. The topological polar surface area (TPSA) is 67.6 Å². The van der Waals surface area contributed by atoms with Crippen molar-refractivity contribution in [3.05, 3.63) is 0 Å². The third kappa shape index (κ3) is 3.89. The first kappa shape index (κ1) is 17.2. The maximum atomic E-state index is 12.7. The first-order valence-corrected chi connectivity index (χ1v) is 9.55. The average Bonchev–Trinajstić information content (AvgIpc) is 2.62. The van der Waals surface area contributed by atoms with E-state index in [1.807, 2.05) is 0 Å². The van der Waals surface area contributed by atoms with E-state index in [0.29, 0.717) is 26.1 Å². The van der Waals surface area contributed by atoms with Crippen LogP contribution in [-0.4, -0.2) is 54.7 Å². The number of nitrogens with zero attached hydrogens (tertiary/aromatic N) is 1. The zero-order valence-electron chi connectivity index (χ0n) is 14.4. The van der Waals surface area contributed by atoms with Gasteiger partial charge in [0.05, 0.1) is 5.54 Å². The van der Waals surface area contributed by atoms with Crippen molar-refractivity contribution in [1.82, 2.24) is 10.2 Å². The van der Waals surface area contributed by atoms with Crippen LogP contribution in [0.15, 0.2) is 0 Å². The van der Waals surface area contributed by atoms with Crippen LogP contribution in [0, 0.1) is 0 Å². The summed E-state index contributed by atoms with van der Waals surface area (Å²) < 4.78 is 5.36. The predicted molar refractivity (Wildman–Crippen MR) is 91.2 cm³/mol. The number of ether oxygens (including phenoxy) is 1. The van der Waals surface area contributed by atoms with Gasteiger partial charge in [0, 0.05) is 25.3 Å². The highest BCUT2D eigenvalue weighted by molar-refractivity contribution is 5.86. The van der Waals surface area contributed by atoms with Gasteiger partial charge in [-0.2, -0.15) is 0 Å². The third-order valence-corrected chi connectivity index (χ3v) is 6.23. The van der Waals surface area contributed by atoms with Crippen LogP contribution in [0.5, 0.6) is 0 Å². The summed E-state index contributed by atoms with van der Waals surface area (Å²) >= 11 is 0. The lowest BCUT2D eigenvalue weighted by atomic mass is 9.78. The van der Waals surface area contributed by atoms with E-state index in [9.17, 15) is 4.79 Å². The molecule has 3 aliphatic rings. The van der Waals surface area contributed by atoms with Crippen molar-refractivity contribution < 1.29 is 9.53 Å². The van der Waals surface area contributed by atoms with Gasteiger partial charge in [-0.3, -0.25) is 9.69 Å². The van der Waals surface area contributed by atoms with E-state index < -0.39 is 5.54 Å². The molecule has 3 rings (SSSR count). The third-order valence-electron chi connectivity index (χ3n) is 6.23. The Hall–Kier alpha value is -0.650. The lowest BCUT2D eigenvalue weighted by Gasteiger charge is -2.48. The Labute approximate surface area is 140 Å². The molecular weight excluding hydrogens is 290 g/mol. The number of likely N-dealkylation sites (tertiary alicyclic amines) is 1. The second-order valence-corrected chi connectivity index (χ2v) is 7.78. The maximum absolute atomic E-state index is 12.7. The van der Waals surface area contributed by atoms with Gasteiger partial charge in [0.25, 0.3) is 0 Å². The first-order valence-electron chi connectivity index (χ1n) is 9.55. The van der Waals surface area contributed by atoms with E-state index in [2.05, 4.69) is 10.2 Å². The lowest BCUT2D eigenvalue weighted by molar-refractivity contribution is -0.130. The molecule has 1 aliphatic carbocycles. The van der Waals surface area contributed by atoms with Gasteiger partial charge in [0.15, 0.2) is 0 Å². The quantitative estimate of drug-likeness (QED) is 0.828. The number of hydrogen-bond donors (Lipinski definition) is 2. The second-order valence-electron chi connectivity index (χ2n) is 7.78. The van der Waals surface area contributed by atoms with Gasteiger partial charge in [-0.15, -0.1) is 0 Å². The van der Waals surface area contributed by atoms with Crippen LogP contribution in [-0.2, 0) is 9.53 Å². The largest absolute Gasteiger partial charge is 0.381 e. The zero-order valence-corrected chi connectivity index (χ0v) is 14.4. The minimum atomic E-state index is -0.726. The molecule has 2 saturated heterocycles. The summed E-state index contributed by atoms with van der Waals surface area (Å²) in [4.78, 5) is 15.3. The van der Waals surface area contributed by atoms with Gasteiger partial charge in [0.2, 0.25) is 5.91 Å². The fraction of sp³-hybridized carbons (Fsp3) is 0.944. The first-order chi connectivity index (χ1) is 11.1. The molecular formula is C18H33N3O2. The van der Waals surface area contributed by atoms with E-state index in [1.54, 1.807) is 0 Å². The summed E-state index contributed by atoms with van der Waals surface area (Å²) in [7, 11) is 0. The van der Waals surface area contributed by atoms with E-state index in [-0.39, 0.29) is 11.4 Å². The molecule has 5 nitrogen and oxygen atoms in total. The summed E-state index contributed by atoms with van der Waals surface area (Å²) in [6.45, 7) is 4.35. The number of rotatable bonds is 4. The molecule has 23 heavy (non-hydrogen) atoms. The van der Waals surface area contributed by atoms with Crippen molar-refractivity contribution in [2.45, 2.75) is 75.3 Å². The molecule has 0 bridgehead atoms. The molecule has 0 aromatic rings. The Morgan fingerprint density at radius 3 is 2.22 bits per heavy atom. The number of hydrogen-bond acceptors (Lipinski definition) is 4. The number of carbonyl (C=O) groups is 1. The fourth-order valence-corrected chi connectivity index (χ4v) is 4.57. The Balaban J connectivity index is 1.63. The molecule has 0 atom stereocenters. The number of nitrogens with one attached hydrogen (secondary N) is 1. The molecule has 0 aromatic carbocycles. The van der Waals surface area contributed by atoms with Gasteiger partial charge in [-0.1, -0.05) is 25.7 Å². The Morgan fingerprint density at radius 1 is 0.957 bits per heavy atom. The van der Waals surface area contributed by atoms with Crippen LogP contribution in [0.1, 0.15) is 64.2 Å². The SMILES string of the molecule is NC1(C(=O)NCC2(N3CCCCC3)CCCCC2)CCOCC1. The van der Waals surface area contributed by atoms with Gasteiger partial charge in [-0.05, 0) is 51.6 Å². The van der Waals surface area contributed by atoms with Gasteiger partial charge >= 0.3 is 0 Å². The van der Waals surface area contributed by atoms with E-state index in [4.69, 9.17) is 10.5 Å². The molecule has 1 saturated carbocycles. The van der Waals surface area contributed by atoms with Gasteiger partial charge in [-0.25, -0.2) is 0 Å². The summed E-state index contributed by atoms with van der Waals surface area (Å²) in [6.07, 6.45) is 11.6. The number of piperidine rings is 1. The van der Waals surface area contributed by atoms with Crippen LogP contribution < -0.4 is 11.1 Å². The van der Waals surface area contributed by atoms with Gasteiger partial charge < -0.3 is 15.8 Å². The number of carbonyl (C=O) groups excluding carboxylic acids is 1. The monoisotopic (exact) mass is 323 g/mol. The van der Waals surface area contributed by atoms with Crippen molar-refractivity contribution in [3.63, 3.8) is 0 Å². The molecule has 2 heterocycles. The maximum Gasteiger partial charge on any atom is 0.240 e. The Morgan fingerprint density at radius 2 is 1.57 bits per heavy atom. The summed E-state index contributed by atoms with van der Waals surface area (Å²) in [5.41, 5.74) is 5.78. The minimum absolute atomic E-state index is 0.0303. The molecule has 132 valence electrons. The van der Waals surface area contributed by atoms with Crippen molar-refractivity contribution in [2.75, 3.05) is 32.8 Å². The summed E-state index contributed by atoms with van der Waals surface area (Å²) in [5, 5.41) is 3.24. The highest BCUT2D eigenvalue weighted by Gasteiger charge is 2.41. The standard InChI is InChI=1S/C18H33N3O2/c19-18(9-13-23-14-10-18)16(22)20-15-17(7-3-1-4-8-17)21-11-5-2-6-12-21/h1-15,19H2,(H,20,22). The van der Waals surface area contributed by atoms with Crippen LogP contribution in [0.4, 0.5) is 0 Å². The van der Waals surface area contributed by atoms with E-state index >= 15 is 0 Å². The molecule has 0 aromatic heterocycles. The molecule has 0 unspecified atom stereocenters. The van der Waals surface area contributed by atoms with Crippen molar-refractivity contribution in [1.29, 1.82) is 0 Å². The highest BCUT2D eigenvalue weighted by Crippen LogP contribution is 2.35. The number of amides is 1. The molecule has 3 N–H and O–H groups in total. The van der Waals surface area contributed by atoms with Crippen LogP contribution in [0.25, 0.3) is 0 Å². The fourth-order valence-electron chi connectivity index (χ4n) is 4.57. The molecule has 1 amide bonds. The molecule has 0 radical (unpaired) electrons. The van der Waals surface area contributed by atoms with Crippen molar-refractivity contribution in [3.8, 4) is 0 Å². The van der Waals surface area contributed by atoms with Crippen LogP contribution >= 0.6 is 0 Å². The predicted octanol–water partition coefficient (Wildman–Crippen LogP) is 1.80. The number of nitrogens with two attached hydrogens (primary N) is 1. The Kier molecular flexibility index (Phi) is 5.60. The molecule has 5 heteroatoms. The van der Waals surface area contributed by atoms with Crippen molar-refractivity contribution >= 4 is 5.91 Å². The molecule has 3 fully saturated rings. The van der Waals surface area contributed by atoms with E-state index in [1.165, 1.54) is 64.5 Å². The van der Waals surface area contributed by atoms with Crippen molar-refractivity contribution in [2.24, 2.45) is 5.73 Å². The summed E-state index contributed by atoms with van der Waals surface area (Å²) in [6, 6.07) is 0. The highest BCUT2D eigenvalue weighted by atomic mass is 16.5. The second kappa shape index (κ2) is 7.49. The minimum Gasteiger partial charge on any atom is -0.381 e. The summed E-state index contributed by atoms with van der Waals surface area (Å²) in [5.74, 6) is 0.0303. The smallest absolute Gasteiger partial charge is 0.240 e. The zero-order chi connectivity index (χ0) is 16.2. The molecule has 2 aliphatic heterocycles. The lowest BCUT2D eigenvalue weighted by Crippen LogP contribution is -2.62. The van der Waals surface area contributed by atoms with Crippen LogP contribution in [0.2, 0.25) is 0 Å². The van der Waals surface area contributed by atoms with E-state index in [0.717, 1.165) is 6.54 Å².